The van der Waals surface area contributed by atoms with Crippen LogP contribution >= 0.6 is 0 Å². The minimum absolute atomic E-state index is 0.572. The molecule has 2 aromatic rings. The Bertz CT molecular complexity index is 565. The third kappa shape index (κ3) is 3.43. The fourth-order valence-corrected chi connectivity index (χ4v) is 3.24. The Kier molecular flexibility index (Phi) is 4.23. The number of benzene rings is 1. The van der Waals surface area contributed by atoms with Crippen LogP contribution in [-0.2, 0) is 0 Å². The van der Waals surface area contributed by atoms with E-state index in [1.54, 1.807) is 0 Å². The van der Waals surface area contributed by atoms with Gasteiger partial charge in [0.25, 0.3) is 0 Å². The van der Waals surface area contributed by atoms with Gasteiger partial charge in [-0.1, -0.05) is 32.8 Å². The van der Waals surface area contributed by atoms with Crippen molar-refractivity contribution >= 4 is 5.69 Å². The monoisotopic (exact) mass is 285 g/mol. The van der Waals surface area contributed by atoms with E-state index in [0.29, 0.717) is 11.9 Å². The highest BCUT2D eigenvalue weighted by molar-refractivity contribution is 5.61. The van der Waals surface area contributed by atoms with Gasteiger partial charge in [0.15, 0.2) is 0 Å². The van der Waals surface area contributed by atoms with E-state index in [2.05, 4.69) is 41.5 Å². The summed E-state index contributed by atoms with van der Waals surface area (Å²) in [6, 6.07) is 8.80. The Morgan fingerprint density at radius 2 is 2.19 bits per heavy atom. The molecule has 21 heavy (non-hydrogen) atoms. The second kappa shape index (κ2) is 6.29. The summed E-state index contributed by atoms with van der Waals surface area (Å²) in [5.74, 6) is 2.19. The summed E-state index contributed by atoms with van der Waals surface area (Å²) in [7, 11) is 0. The molecule has 1 fully saturated rings. The van der Waals surface area contributed by atoms with Gasteiger partial charge in [0, 0.05) is 17.3 Å². The van der Waals surface area contributed by atoms with Crippen LogP contribution in [0.1, 0.15) is 39.5 Å². The molecule has 1 N–H and O–H groups in total. The van der Waals surface area contributed by atoms with Gasteiger partial charge < -0.3 is 9.73 Å². The van der Waals surface area contributed by atoms with Crippen LogP contribution in [0, 0.1) is 11.8 Å². The molecule has 4 heteroatoms. The highest BCUT2D eigenvalue weighted by atomic mass is 16.4. The highest BCUT2D eigenvalue weighted by Crippen LogP contribution is 2.32. The van der Waals surface area contributed by atoms with Crippen LogP contribution in [-0.4, -0.2) is 16.2 Å². The van der Waals surface area contributed by atoms with Crippen LogP contribution in [0.4, 0.5) is 5.69 Å². The summed E-state index contributed by atoms with van der Waals surface area (Å²) in [6.45, 7) is 4.67. The van der Waals surface area contributed by atoms with Crippen molar-refractivity contribution in [3.63, 3.8) is 0 Å². The summed E-state index contributed by atoms with van der Waals surface area (Å²) in [6.07, 6.45) is 6.59. The maximum atomic E-state index is 5.26. The quantitative estimate of drug-likeness (QED) is 0.906. The van der Waals surface area contributed by atoms with Crippen molar-refractivity contribution < 1.29 is 4.42 Å². The second-order valence-electron chi connectivity index (χ2n) is 6.34. The standard InChI is InChI=1S/C17H23N3O/c1-12(2)13-5-3-7-15(9-13)19-16-8-4-6-14(10-16)17-20-18-11-21-17/h4,6,8,10-13,15,19H,3,5,7,9H2,1-2H3. The number of nitrogens with one attached hydrogen (secondary N) is 1. The first kappa shape index (κ1) is 14.1. The third-order valence-corrected chi connectivity index (χ3v) is 4.50. The lowest BCUT2D eigenvalue weighted by atomic mass is 9.79. The Labute approximate surface area is 126 Å². The molecule has 0 aliphatic heterocycles. The predicted octanol–water partition coefficient (Wildman–Crippen LogP) is 4.36. The summed E-state index contributed by atoms with van der Waals surface area (Å²) >= 11 is 0. The minimum atomic E-state index is 0.572. The smallest absolute Gasteiger partial charge is 0.247 e. The Hall–Kier alpha value is -1.84. The Morgan fingerprint density at radius 1 is 1.29 bits per heavy atom. The van der Waals surface area contributed by atoms with Gasteiger partial charge in [-0.25, -0.2) is 0 Å². The fraction of sp³-hybridized carbons (Fsp3) is 0.529. The normalized spacial score (nSPS) is 22.4. The molecule has 0 saturated heterocycles. The molecule has 4 nitrogen and oxygen atoms in total. The second-order valence-corrected chi connectivity index (χ2v) is 6.34. The number of nitrogens with zero attached hydrogens (tertiary/aromatic N) is 2. The van der Waals surface area contributed by atoms with Gasteiger partial charge in [-0.3, -0.25) is 0 Å². The third-order valence-electron chi connectivity index (χ3n) is 4.50. The van der Waals surface area contributed by atoms with Crippen LogP contribution < -0.4 is 5.32 Å². The lowest BCUT2D eigenvalue weighted by Crippen LogP contribution is -2.29. The van der Waals surface area contributed by atoms with Gasteiger partial charge in [0.2, 0.25) is 12.3 Å². The molecule has 2 unspecified atom stereocenters. The molecule has 0 bridgehead atoms. The zero-order valence-corrected chi connectivity index (χ0v) is 12.7. The van der Waals surface area contributed by atoms with Crippen LogP contribution in [0.25, 0.3) is 11.5 Å². The van der Waals surface area contributed by atoms with E-state index in [0.717, 1.165) is 23.1 Å². The molecule has 112 valence electrons. The van der Waals surface area contributed by atoms with E-state index >= 15 is 0 Å². The first-order valence-corrected chi connectivity index (χ1v) is 7.85. The number of anilines is 1. The Morgan fingerprint density at radius 3 is 2.95 bits per heavy atom. The average Bonchev–Trinajstić information content (AvgIpc) is 3.02. The first-order valence-electron chi connectivity index (χ1n) is 7.85. The molecule has 0 radical (unpaired) electrons. The van der Waals surface area contributed by atoms with Crippen LogP contribution in [0.5, 0.6) is 0 Å². The number of aromatic nitrogens is 2. The zero-order valence-electron chi connectivity index (χ0n) is 12.7. The molecular weight excluding hydrogens is 262 g/mol. The largest absolute Gasteiger partial charge is 0.423 e. The van der Waals surface area contributed by atoms with E-state index in [1.807, 2.05) is 12.1 Å². The zero-order chi connectivity index (χ0) is 14.7. The molecular formula is C17H23N3O. The van der Waals surface area contributed by atoms with Crippen molar-refractivity contribution in [2.45, 2.75) is 45.6 Å². The lowest BCUT2D eigenvalue weighted by molar-refractivity contribution is 0.264. The summed E-state index contributed by atoms with van der Waals surface area (Å²) in [5, 5.41) is 11.4. The van der Waals surface area contributed by atoms with Gasteiger partial charge in [-0.2, -0.15) is 0 Å². The Balaban J connectivity index is 1.69. The van der Waals surface area contributed by atoms with E-state index < -0.39 is 0 Å². The summed E-state index contributed by atoms with van der Waals surface area (Å²) < 4.78 is 5.26. The molecule has 1 aliphatic carbocycles. The highest BCUT2D eigenvalue weighted by Gasteiger charge is 2.24. The van der Waals surface area contributed by atoms with Crippen LogP contribution in [0.15, 0.2) is 35.1 Å². The van der Waals surface area contributed by atoms with Crippen molar-refractivity contribution in [2.24, 2.45) is 11.8 Å². The molecule has 1 heterocycles. The van der Waals surface area contributed by atoms with Crippen LogP contribution in [0.3, 0.4) is 0 Å². The van der Waals surface area contributed by atoms with Crippen molar-refractivity contribution in [3.8, 4) is 11.5 Å². The predicted molar refractivity (Wildman–Crippen MR) is 83.9 cm³/mol. The van der Waals surface area contributed by atoms with E-state index in [1.165, 1.54) is 32.1 Å². The van der Waals surface area contributed by atoms with Crippen molar-refractivity contribution in [1.29, 1.82) is 0 Å². The maximum Gasteiger partial charge on any atom is 0.247 e. The SMILES string of the molecule is CC(C)C1CCCC(Nc2cccc(-c3nnco3)c2)C1. The molecule has 1 aromatic heterocycles. The van der Waals surface area contributed by atoms with Gasteiger partial charge in [-0.15, -0.1) is 10.2 Å². The van der Waals surface area contributed by atoms with E-state index in [9.17, 15) is 0 Å². The summed E-state index contributed by atoms with van der Waals surface area (Å²) in [4.78, 5) is 0. The van der Waals surface area contributed by atoms with E-state index in [-0.39, 0.29) is 0 Å². The molecule has 1 saturated carbocycles. The first-order chi connectivity index (χ1) is 10.2. The van der Waals surface area contributed by atoms with Crippen LogP contribution in [0.2, 0.25) is 0 Å². The average molecular weight is 285 g/mol. The molecule has 1 aliphatic rings. The minimum Gasteiger partial charge on any atom is -0.423 e. The number of rotatable bonds is 4. The molecule has 3 rings (SSSR count). The number of hydrogen-bond donors (Lipinski definition) is 1. The molecule has 0 spiro atoms. The van der Waals surface area contributed by atoms with Gasteiger partial charge in [-0.05, 0) is 42.9 Å². The lowest BCUT2D eigenvalue weighted by Gasteiger charge is -2.32. The number of hydrogen-bond acceptors (Lipinski definition) is 4. The summed E-state index contributed by atoms with van der Waals surface area (Å²) in [5.41, 5.74) is 2.11. The van der Waals surface area contributed by atoms with Gasteiger partial charge >= 0.3 is 0 Å². The van der Waals surface area contributed by atoms with Crippen molar-refractivity contribution in [1.82, 2.24) is 10.2 Å². The maximum absolute atomic E-state index is 5.26. The molecule has 1 aromatic carbocycles. The van der Waals surface area contributed by atoms with E-state index in [4.69, 9.17) is 4.42 Å². The van der Waals surface area contributed by atoms with Gasteiger partial charge in [0.1, 0.15) is 0 Å². The fourth-order valence-electron chi connectivity index (χ4n) is 3.24. The van der Waals surface area contributed by atoms with Crippen molar-refractivity contribution in [2.75, 3.05) is 5.32 Å². The topological polar surface area (TPSA) is 51.0 Å². The molecule has 2 atom stereocenters. The molecule has 0 amide bonds. The van der Waals surface area contributed by atoms with Gasteiger partial charge in [0.05, 0.1) is 0 Å². The van der Waals surface area contributed by atoms with Crippen molar-refractivity contribution in [3.05, 3.63) is 30.7 Å².